The second-order valence-electron chi connectivity index (χ2n) is 6.82. The number of rotatable bonds is 4. The van der Waals surface area contributed by atoms with E-state index in [0.29, 0.717) is 18.9 Å². The third-order valence-electron chi connectivity index (χ3n) is 5.14. The lowest BCUT2D eigenvalue weighted by atomic mass is 9.93. The van der Waals surface area contributed by atoms with Gasteiger partial charge in [0.1, 0.15) is 0 Å². The summed E-state index contributed by atoms with van der Waals surface area (Å²) in [4.78, 5) is 14.7. The molecule has 6 heteroatoms. The minimum absolute atomic E-state index is 0.210. The summed E-state index contributed by atoms with van der Waals surface area (Å²) in [5, 5.41) is 12.8. The highest BCUT2D eigenvalue weighted by Crippen LogP contribution is 2.27. The van der Waals surface area contributed by atoms with E-state index < -0.39 is 0 Å². The van der Waals surface area contributed by atoms with Crippen molar-refractivity contribution in [1.82, 2.24) is 24.9 Å². The van der Waals surface area contributed by atoms with Gasteiger partial charge in [0.2, 0.25) is 5.91 Å². The molecule has 1 fully saturated rings. The number of para-hydroxylation sites is 1. The van der Waals surface area contributed by atoms with Crippen molar-refractivity contribution < 1.29 is 4.79 Å². The first-order valence-corrected chi connectivity index (χ1v) is 8.90. The summed E-state index contributed by atoms with van der Waals surface area (Å²) in [6.45, 7) is 4.32. The molecule has 25 heavy (non-hydrogen) atoms. The number of aryl methyl sites for hydroxylation is 2. The molecule has 0 spiro atoms. The first-order valence-electron chi connectivity index (χ1n) is 8.90. The molecular weight excluding hydrogens is 314 g/mol. The van der Waals surface area contributed by atoms with Gasteiger partial charge in [-0.3, -0.25) is 14.6 Å². The zero-order valence-corrected chi connectivity index (χ0v) is 14.5. The van der Waals surface area contributed by atoms with E-state index in [4.69, 9.17) is 0 Å². The molecule has 6 nitrogen and oxygen atoms in total. The molecular formula is C19H23N5O. The summed E-state index contributed by atoms with van der Waals surface area (Å²) in [5.74, 6) is 0.576. The molecule has 1 atom stereocenters. The van der Waals surface area contributed by atoms with Crippen LogP contribution in [0, 0.1) is 6.92 Å². The first-order chi connectivity index (χ1) is 12.2. The van der Waals surface area contributed by atoms with E-state index in [1.165, 1.54) is 11.3 Å². The molecule has 2 aromatic heterocycles. The van der Waals surface area contributed by atoms with E-state index in [1.54, 1.807) is 0 Å². The van der Waals surface area contributed by atoms with Gasteiger partial charge in [0, 0.05) is 36.5 Å². The summed E-state index contributed by atoms with van der Waals surface area (Å²) < 4.78 is 1.92. The molecule has 0 radical (unpaired) electrons. The Balaban J connectivity index is 1.40. The van der Waals surface area contributed by atoms with Gasteiger partial charge in [-0.05, 0) is 31.4 Å². The van der Waals surface area contributed by atoms with Gasteiger partial charge >= 0.3 is 0 Å². The molecule has 3 heterocycles. The van der Waals surface area contributed by atoms with Gasteiger partial charge in [0.25, 0.3) is 0 Å². The summed E-state index contributed by atoms with van der Waals surface area (Å²) in [6.07, 6.45) is 6.35. The lowest BCUT2D eigenvalue weighted by Crippen LogP contribution is -2.39. The van der Waals surface area contributed by atoms with Gasteiger partial charge < -0.3 is 4.90 Å². The molecule has 0 bridgehead atoms. The van der Waals surface area contributed by atoms with Crippen LogP contribution in [0.15, 0.2) is 36.7 Å². The summed E-state index contributed by atoms with van der Waals surface area (Å²) in [6, 6.07) is 8.10. The number of nitrogens with zero attached hydrogens (tertiary/aromatic N) is 4. The smallest absolute Gasteiger partial charge is 0.224 e. The number of H-pyrrole nitrogens is 1. The third-order valence-corrected chi connectivity index (χ3v) is 5.14. The molecule has 1 aliphatic heterocycles. The average molecular weight is 337 g/mol. The van der Waals surface area contributed by atoms with E-state index >= 15 is 0 Å². The average Bonchev–Trinajstić information content (AvgIpc) is 3.26. The summed E-state index contributed by atoms with van der Waals surface area (Å²) >= 11 is 0. The van der Waals surface area contributed by atoms with Gasteiger partial charge in [0.05, 0.1) is 24.5 Å². The van der Waals surface area contributed by atoms with E-state index in [0.717, 1.165) is 36.8 Å². The van der Waals surface area contributed by atoms with Crippen LogP contribution in [0.25, 0.3) is 10.9 Å². The molecule has 3 aromatic rings. The maximum atomic E-state index is 12.7. The second-order valence-corrected chi connectivity index (χ2v) is 6.82. The summed E-state index contributed by atoms with van der Waals surface area (Å²) in [5.41, 5.74) is 3.44. The number of hydrogen-bond acceptors (Lipinski definition) is 3. The van der Waals surface area contributed by atoms with Crippen molar-refractivity contribution in [1.29, 1.82) is 0 Å². The van der Waals surface area contributed by atoms with Crippen LogP contribution >= 0.6 is 0 Å². The van der Waals surface area contributed by atoms with Gasteiger partial charge in [-0.2, -0.15) is 10.2 Å². The van der Waals surface area contributed by atoms with Gasteiger partial charge in [0.15, 0.2) is 0 Å². The normalized spacial score (nSPS) is 18.0. The number of likely N-dealkylation sites (tertiary alicyclic amines) is 1. The second kappa shape index (κ2) is 6.70. The maximum Gasteiger partial charge on any atom is 0.224 e. The van der Waals surface area contributed by atoms with Crippen molar-refractivity contribution in [3.8, 4) is 0 Å². The van der Waals surface area contributed by atoms with Crippen LogP contribution in [0.5, 0.6) is 0 Å². The molecule has 1 aliphatic rings. The number of carbonyl (C=O) groups is 1. The van der Waals surface area contributed by atoms with Crippen molar-refractivity contribution in [2.45, 2.75) is 38.6 Å². The number of aromatic amines is 1. The molecule has 4 rings (SSSR count). The van der Waals surface area contributed by atoms with E-state index in [9.17, 15) is 4.79 Å². The Kier molecular flexibility index (Phi) is 4.26. The minimum Gasteiger partial charge on any atom is -0.342 e. The number of amides is 1. The van der Waals surface area contributed by atoms with Crippen molar-refractivity contribution in [2.24, 2.45) is 0 Å². The standard InChI is InChI=1S/C19H23N5O/c1-14-11-20-22-19(14)16-6-4-9-23(13-16)18(25)8-10-24-17-7-3-2-5-15(17)12-21-24/h2-3,5,7,11-12,16H,4,6,8-10,13H2,1H3,(H,20,22). The Morgan fingerprint density at radius 3 is 3.04 bits per heavy atom. The first kappa shape index (κ1) is 15.9. The number of benzene rings is 1. The van der Waals surface area contributed by atoms with Crippen molar-refractivity contribution in [3.05, 3.63) is 47.9 Å². The number of piperidine rings is 1. The van der Waals surface area contributed by atoms with Gasteiger partial charge in [-0.15, -0.1) is 0 Å². The molecule has 1 unspecified atom stereocenters. The molecule has 1 amide bonds. The van der Waals surface area contributed by atoms with Gasteiger partial charge in [-0.25, -0.2) is 0 Å². The lowest BCUT2D eigenvalue weighted by Gasteiger charge is -2.32. The van der Waals surface area contributed by atoms with E-state index in [1.807, 2.05) is 46.2 Å². The number of hydrogen-bond donors (Lipinski definition) is 1. The van der Waals surface area contributed by atoms with E-state index in [2.05, 4.69) is 22.2 Å². The van der Waals surface area contributed by atoms with Crippen LogP contribution in [0.3, 0.4) is 0 Å². The summed E-state index contributed by atoms with van der Waals surface area (Å²) in [7, 11) is 0. The maximum absolute atomic E-state index is 12.7. The highest BCUT2D eigenvalue weighted by Gasteiger charge is 2.26. The highest BCUT2D eigenvalue weighted by molar-refractivity contribution is 5.79. The predicted octanol–water partition coefficient (Wildman–Crippen LogP) is 2.86. The Hall–Kier alpha value is -2.63. The Morgan fingerprint density at radius 2 is 2.20 bits per heavy atom. The zero-order valence-electron chi connectivity index (χ0n) is 14.5. The molecule has 0 saturated carbocycles. The molecule has 1 aromatic carbocycles. The van der Waals surface area contributed by atoms with Crippen LogP contribution < -0.4 is 0 Å². The fraction of sp³-hybridized carbons (Fsp3) is 0.421. The van der Waals surface area contributed by atoms with Crippen LogP contribution in [0.4, 0.5) is 0 Å². The highest BCUT2D eigenvalue weighted by atomic mass is 16.2. The van der Waals surface area contributed by atoms with Crippen LogP contribution in [-0.2, 0) is 11.3 Å². The van der Waals surface area contributed by atoms with Crippen molar-refractivity contribution in [3.63, 3.8) is 0 Å². The molecule has 1 N–H and O–H groups in total. The zero-order chi connectivity index (χ0) is 17.2. The molecule has 130 valence electrons. The third kappa shape index (κ3) is 3.16. The Morgan fingerprint density at radius 1 is 1.32 bits per heavy atom. The minimum atomic E-state index is 0.210. The number of carbonyl (C=O) groups excluding carboxylic acids is 1. The number of aromatic nitrogens is 4. The van der Waals surface area contributed by atoms with Crippen LogP contribution in [0.2, 0.25) is 0 Å². The van der Waals surface area contributed by atoms with Crippen LogP contribution in [-0.4, -0.2) is 43.9 Å². The SMILES string of the molecule is Cc1cn[nH]c1C1CCCN(C(=O)CCn2ncc3ccccc32)C1. The van der Waals surface area contributed by atoms with Crippen molar-refractivity contribution >= 4 is 16.8 Å². The number of nitrogens with one attached hydrogen (secondary N) is 1. The number of fused-ring (bicyclic) bond motifs is 1. The van der Waals surface area contributed by atoms with Crippen LogP contribution in [0.1, 0.15) is 36.4 Å². The molecule has 0 aliphatic carbocycles. The van der Waals surface area contributed by atoms with Gasteiger partial charge in [-0.1, -0.05) is 18.2 Å². The Bertz CT molecular complexity index is 881. The largest absolute Gasteiger partial charge is 0.342 e. The fourth-order valence-electron chi connectivity index (χ4n) is 3.77. The topological polar surface area (TPSA) is 66.8 Å². The quantitative estimate of drug-likeness (QED) is 0.796. The lowest BCUT2D eigenvalue weighted by molar-refractivity contribution is -0.132. The van der Waals surface area contributed by atoms with Crippen molar-refractivity contribution in [2.75, 3.05) is 13.1 Å². The molecule has 1 saturated heterocycles. The fourth-order valence-corrected chi connectivity index (χ4v) is 3.77. The van der Waals surface area contributed by atoms with E-state index in [-0.39, 0.29) is 5.91 Å². The Labute approximate surface area is 146 Å². The monoisotopic (exact) mass is 337 g/mol. The predicted molar refractivity (Wildman–Crippen MR) is 96.2 cm³/mol.